The van der Waals surface area contributed by atoms with Crippen molar-refractivity contribution in [2.75, 3.05) is 52.5 Å². The number of nitrogens with zero attached hydrogens (tertiary/aromatic N) is 5. The normalized spacial score (nSPS) is 18.6. The van der Waals surface area contributed by atoms with Crippen LogP contribution in [-0.4, -0.2) is 96.0 Å². The van der Waals surface area contributed by atoms with Crippen LogP contribution in [-0.2, 0) is 21.3 Å². The SMILES string of the molecule is O=C(c1cc(S(=O)(=O)N2CCOCC2)c[nH]1)N1CCN(Cc2nc(-c3cccs3)no2)CC1. The highest BCUT2D eigenvalue weighted by Crippen LogP contribution is 2.22. The Morgan fingerprint density at radius 1 is 1.15 bits per heavy atom. The number of nitrogens with one attached hydrogen (secondary N) is 1. The maximum absolute atomic E-state index is 12.9. The summed E-state index contributed by atoms with van der Waals surface area (Å²) in [7, 11) is -3.64. The molecule has 0 atom stereocenters. The summed E-state index contributed by atoms with van der Waals surface area (Å²) < 4.78 is 37.6. The molecule has 5 heterocycles. The van der Waals surface area contributed by atoms with Crippen LogP contribution in [0.15, 0.2) is 39.2 Å². The van der Waals surface area contributed by atoms with Gasteiger partial charge in [-0.25, -0.2) is 8.42 Å². The molecule has 0 spiro atoms. The molecule has 0 unspecified atom stereocenters. The second-order valence-corrected chi connectivity index (χ2v) is 10.7. The van der Waals surface area contributed by atoms with E-state index in [1.54, 1.807) is 16.2 Å². The summed E-state index contributed by atoms with van der Waals surface area (Å²) in [5.41, 5.74) is 0.271. The molecule has 33 heavy (non-hydrogen) atoms. The molecule has 2 fully saturated rings. The Balaban J connectivity index is 1.17. The predicted molar refractivity (Wildman–Crippen MR) is 119 cm³/mol. The Morgan fingerprint density at radius 2 is 1.94 bits per heavy atom. The molecule has 0 radical (unpaired) electrons. The molecular weight excluding hydrogens is 468 g/mol. The van der Waals surface area contributed by atoms with Crippen molar-refractivity contribution < 1.29 is 22.5 Å². The van der Waals surface area contributed by atoms with E-state index in [0.29, 0.717) is 70.7 Å². The molecule has 1 N–H and O–H groups in total. The molecule has 3 aromatic rings. The van der Waals surface area contributed by atoms with Crippen LogP contribution in [0.1, 0.15) is 16.4 Å². The lowest BCUT2D eigenvalue weighted by Crippen LogP contribution is -2.48. The molecule has 11 nitrogen and oxygen atoms in total. The van der Waals surface area contributed by atoms with Crippen LogP contribution < -0.4 is 0 Å². The van der Waals surface area contributed by atoms with Crippen molar-refractivity contribution in [2.45, 2.75) is 11.4 Å². The molecule has 0 aromatic carbocycles. The first-order valence-electron chi connectivity index (χ1n) is 10.6. The molecule has 2 aliphatic rings. The van der Waals surface area contributed by atoms with Gasteiger partial charge in [-0.15, -0.1) is 11.3 Å². The number of carbonyl (C=O) groups excluding carboxylic acids is 1. The Labute approximate surface area is 195 Å². The summed E-state index contributed by atoms with van der Waals surface area (Å²) >= 11 is 1.56. The number of ether oxygens (including phenoxy) is 1. The summed E-state index contributed by atoms with van der Waals surface area (Å²) in [4.78, 5) is 25.1. The molecule has 3 aromatic heterocycles. The van der Waals surface area contributed by atoms with Gasteiger partial charge in [0.15, 0.2) is 0 Å². The van der Waals surface area contributed by atoms with Crippen LogP contribution >= 0.6 is 11.3 Å². The van der Waals surface area contributed by atoms with Gasteiger partial charge < -0.3 is 19.1 Å². The minimum absolute atomic E-state index is 0.101. The number of hydrogen-bond acceptors (Lipinski definition) is 9. The lowest BCUT2D eigenvalue weighted by atomic mass is 10.2. The topological polar surface area (TPSA) is 125 Å². The van der Waals surface area contributed by atoms with E-state index in [0.717, 1.165) is 4.88 Å². The number of thiophene rings is 1. The van der Waals surface area contributed by atoms with Crippen molar-refractivity contribution in [1.82, 2.24) is 29.2 Å². The van der Waals surface area contributed by atoms with Crippen LogP contribution in [0.2, 0.25) is 0 Å². The first-order valence-corrected chi connectivity index (χ1v) is 13.0. The second kappa shape index (κ2) is 9.35. The van der Waals surface area contributed by atoms with Gasteiger partial charge in [-0.2, -0.15) is 9.29 Å². The standard InChI is InChI=1S/C20H24N6O5S2/c27-20(16-12-15(13-21-16)33(28,29)26-7-9-30-10-8-26)25-5-3-24(4-6-25)14-18-22-19(23-31-18)17-2-1-11-32-17/h1-2,11-13,21H,3-10,14H2. The van der Waals surface area contributed by atoms with Gasteiger partial charge in [0, 0.05) is 45.5 Å². The number of rotatable bonds is 6. The highest BCUT2D eigenvalue weighted by atomic mass is 32.2. The summed E-state index contributed by atoms with van der Waals surface area (Å²) in [5.74, 6) is 0.916. The van der Waals surface area contributed by atoms with Crippen LogP contribution in [0, 0.1) is 0 Å². The van der Waals surface area contributed by atoms with E-state index in [9.17, 15) is 13.2 Å². The number of carbonyl (C=O) groups is 1. The number of amides is 1. The van der Waals surface area contributed by atoms with Crippen LogP contribution in [0.3, 0.4) is 0 Å². The Morgan fingerprint density at radius 3 is 2.67 bits per heavy atom. The maximum Gasteiger partial charge on any atom is 0.270 e. The number of aromatic nitrogens is 3. The van der Waals surface area contributed by atoms with Gasteiger partial charge in [0.1, 0.15) is 10.6 Å². The van der Waals surface area contributed by atoms with Crippen molar-refractivity contribution in [3.05, 3.63) is 41.4 Å². The Kier molecular flexibility index (Phi) is 6.29. The summed E-state index contributed by atoms with van der Waals surface area (Å²) in [6.07, 6.45) is 1.38. The molecule has 2 saturated heterocycles. The zero-order valence-corrected chi connectivity index (χ0v) is 19.5. The maximum atomic E-state index is 12.9. The fourth-order valence-corrected chi connectivity index (χ4v) is 5.93. The summed E-state index contributed by atoms with van der Waals surface area (Å²) in [6.45, 7) is 4.25. The van der Waals surface area contributed by atoms with Gasteiger partial charge in [-0.1, -0.05) is 11.2 Å². The van der Waals surface area contributed by atoms with Crippen LogP contribution in [0.25, 0.3) is 10.7 Å². The van der Waals surface area contributed by atoms with E-state index < -0.39 is 10.0 Å². The van der Waals surface area contributed by atoms with Gasteiger partial charge in [0.05, 0.1) is 24.6 Å². The number of H-pyrrole nitrogens is 1. The first kappa shape index (κ1) is 22.2. The molecule has 13 heteroatoms. The third kappa shape index (κ3) is 4.73. The van der Waals surface area contributed by atoms with Gasteiger partial charge in [-0.3, -0.25) is 9.69 Å². The average molecular weight is 493 g/mol. The molecule has 0 bridgehead atoms. The zero-order chi connectivity index (χ0) is 22.8. The zero-order valence-electron chi connectivity index (χ0n) is 17.8. The molecule has 1 amide bonds. The second-order valence-electron chi connectivity index (χ2n) is 7.82. The van der Waals surface area contributed by atoms with Crippen molar-refractivity contribution in [3.8, 4) is 10.7 Å². The fraction of sp³-hybridized carbons (Fsp3) is 0.450. The van der Waals surface area contributed by atoms with Crippen molar-refractivity contribution in [1.29, 1.82) is 0 Å². The minimum atomic E-state index is -3.64. The molecule has 5 rings (SSSR count). The molecule has 0 aliphatic carbocycles. The number of piperazine rings is 1. The third-order valence-corrected chi connectivity index (χ3v) is 8.46. The lowest BCUT2D eigenvalue weighted by Gasteiger charge is -2.33. The molecule has 176 valence electrons. The van der Waals surface area contributed by atoms with Crippen molar-refractivity contribution >= 4 is 27.3 Å². The number of sulfonamides is 1. The summed E-state index contributed by atoms with van der Waals surface area (Å²) in [5, 5.41) is 6.00. The molecular formula is C20H24N6O5S2. The van der Waals surface area contributed by atoms with E-state index in [-0.39, 0.29) is 16.5 Å². The van der Waals surface area contributed by atoms with Gasteiger partial charge in [0.2, 0.25) is 21.7 Å². The van der Waals surface area contributed by atoms with Crippen LogP contribution in [0.4, 0.5) is 0 Å². The van der Waals surface area contributed by atoms with E-state index in [1.807, 2.05) is 17.5 Å². The van der Waals surface area contributed by atoms with E-state index in [4.69, 9.17) is 9.26 Å². The Hall–Kier alpha value is -2.58. The first-order chi connectivity index (χ1) is 16.0. The van der Waals surface area contributed by atoms with E-state index in [2.05, 4.69) is 20.0 Å². The largest absolute Gasteiger partial charge is 0.379 e. The fourth-order valence-electron chi connectivity index (χ4n) is 3.88. The van der Waals surface area contributed by atoms with Crippen LogP contribution in [0.5, 0.6) is 0 Å². The van der Waals surface area contributed by atoms with Crippen molar-refractivity contribution in [2.24, 2.45) is 0 Å². The Bertz CT molecular complexity index is 1190. The van der Waals surface area contributed by atoms with Gasteiger partial charge in [0.25, 0.3) is 5.91 Å². The quantitative estimate of drug-likeness (QED) is 0.543. The summed E-state index contributed by atoms with van der Waals surface area (Å²) in [6, 6.07) is 5.31. The van der Waals surface area contributed by atoms with Gasteiger partial charge in [-0.05, 0) is 17.5 Å². The smallest absolute Gasteiger partial charge is 0.270 e. The lowest BCUT2D eigenvalue weighted by molar-refractivity contribution is 0.0610. The van der Waals surface area contributed by atoms with E-state index in [1.165, 1.54) is 16.6 Å². The minimum Gasteiger partial charge on any atom is -0.379 e. The molecule has 2 aliphatic heterocycles. The van der Waals surface area contributed by atoms with E-state index >= 15 is 0 Å². The number of aromatic amines is 1. The number of morpholine rings is 1. The monoisotopic (exact) mass is 492 g/mol. The highest BCUT2D eigenvalue weighted by Gasteiger charge is 2.30. The average Bonchev–Trinajstić information content (AvgIpc) is 3.61. The van der Waals surface area contributed by atoms with Crippen molar-refractivity contribution in [3.63, 3.8) is 0 Å². The highest BCUT2D eigenvalue weighted by molar-refractivity contribution is 7.89. The number of hydrogen-bond donors (Lipinski definition) is 1. The molecule has 0 saturated carbocycles. The third-order valence-electron chi connectivity index (χ3n) is 5.72. The predicted octanol–water partition coefficient (Wildman–Crippen LogP) is 1.11. The van der Waals surface area contributed by atoms with Gasteiger partial charge >= 0.3 is 0 Å².